The van der Waals surface area contributed by atoms with Gasteiger partial charge in [-0.05, 0) is 44.9 Å². The fourth-order valence-electron chi connectivity index (χ4n) is 9.38. The van der Waals surface area contributed by atoms with Crippen LogP contribution >= 0.6 is 0 Å². The van der Waals surface area contributed by atoms with Crippen molar-refractivity contribution in [3.8, 4) is 0 Å². The number of unbranched alkanes of at least 4 members (excludes halogenated alkanes) is 44. The first-order chi connectivity index (χ1) is 33.5. The summed E-state index contributed by atoms with van der Waals surface area (Å²) in [4.78, 5) is 37.7. The van der Waals surface area contributed by atoms with Gasteiger partial charge < -0.3 is 14.2 Å². The van der Waals surface area contributed by atoms with Crippen LogP contribution < -0.4 is 0 Å². The lowest BCUT2D eigenvalue weighted by Crippen LogP contribution is -2.30. The number of carbonyl (C=O) groups excluding carboxylic acids is 3. The summed E-state index contributed by atoms with van der Waals surface area (Å²) < 4.78 is 16.7. The monoisotopic (exact) mass is 959 g/mol. The Labute approximate surface area is 424 Å². The highest BCUT2D eigenvalue weighted by Crippen LogP contribution is 2.18. The molecule has 0 amide bonds. The minimum Gasteiger partial charge on any atom is -0.462 e. The quantitative estimate of drug-likeness (QED) is 0.0262. The van der Waals surface area contributed by atoms with E-state index in [1.165, 1.54) is 238 Å². The lowest BCUT2D eigenvalue weighted by molar-refractivity contribution is -0.167. The van der Waals surface area contributed by atoms with Gasteiger partial charge in [0.2, 0.25) is 0 Å². The molecule has 0 radical (unpaired) electrons. The number of esters is 3. The summed E-state index contributed by atoms with van der Waals surface area (Å²) >= 11 is 0. The van der Waals surface area contributed by atoms with Gasteiger partial charge in [-0.25, -0.2) is 0 Å². The van der Waals surface area contributed by atoms with E-state index in [4.69, 9.17) is 14.2 Å². The van der Waals surface area contributed by atoms with Crippen LogP contribution in [0.5, 0.6) is 0 Å². The predicted octanol–water partition coefficient (Wildman–Crippen LogP) is 20.5. The summed E-state index contributed by atoms with van der Waals surface area (Å²) in [6, 6.07) is 0. The van der Waals surface area contributed by atoms with Gasteiger partial charge in [-0.2, -0.15) is 0 Å². The first-order valence-electron chi connectivity index (χ1n) is 30.7. The highest BCUT2D eigenvalue weighted by Gasteiger charge is 2.19. The van der Waals surface area contributed by atoms with Crippen LogP contribution in [0.4, 0.5) is 0 Å². The lowest BCUT2D eigenvalue weighted by Gasteiger charge is -2.18. The molecule has 0 saturated carbocycles. The summed E-state index contributed by atoms with van der Waals surface area (Å²) in [5.74, 6) is -0.874. The Morgan fingerprint density at radius 2 is 0.485 bits per heavy atom. The number of hydrogen-bond donors (Lipinski definition) is 0. The van der Waals surface area contributed by atoms with Crippen molar-refractivity contribution in [3.05, 3.63) is 12.2 Å². The Bertz CT molecular complexity index is 1060. The van der Waals surface area contributed by atoms with Crippen LogP contribution in [0.25, 0.3) is 0 Å². The third-order valence-electron chi connectivity index (χ3n) is 14.0. The zero-order chi connectivity index (χ0) is 49.3. The molecule has 0 fully saturated rings. The molecule has 1 unspecified atom stereocenters. The fraction of sp³-hybridized carbons (Fsp3) is 0.919. The molecular formula is C62H118O6. The third-order valence-corrected chi connectivity index (χ3v) is 14.0. The summed E-state index contributed by atoms with van der Waals surface area (Å²) in [6.45, 7) is 6.58. The van der Waals surface area contributed by atoms with Crippen LogP contribution in [-0.2, 0) is 28.6 Å². The molecule has 0 aliphatic carbocycles. The van der Waals surface area contributed by atoms with Crippen molar-refractivity contribution in [1.82, 2.24) is 0 Å². The summed E-state index contributed by atoms with van der Waals surface area (Å²) in [7, 11) is 0. The van der Waals surface area contributed by atoms with Gasteiger partial charge in [0, 0.05) is 19.3 Å². The van der Waals surface area contributed by atoms with Gasteiger partial charge in [0.05, 0.1) is 0 Å². The molecule has 0 saturated heterocycles. The maximum atomic E-state index is 12.7. The van der Waals surface area contributed by atoms with E-state index in [0.29, 0.717) is 19.3 Å². The first-order valence-corrected chi connectivity index (χ1v) is 30.7. The molecule has 0 aromatic carbocycles. The molecule has 68 heavy (non-hydrogen) atoms. The number of hydrogen-bond acceptors (Lipinski definition) is 6. The molecule has 0 spiro atoms. The Balaban J connectivity index is 3.84. The third kappa shape index (κ3) is 55.1. The van der Waals surface area contributed by atoms with Crippen molar-refractivity contribution in [2.45, 2.75) is 354 Å². The number of rotatable bonds is 57. The van der Waals surface area contributed by atoms with Crippen molar-refractivity contribution in [2.75, 3.05) is 13.2 Å². The first kappa shape index (κ1) is 66.2. The van der Waals surface area contributed by atoms with Crippen LogP contribution in [0.1, 0.15) is 348 Å². The van der Waals surface area contributed by atoms with Crippen molar-refractivity contribution >= 4 is 17.9 Å². The van der Waals surface area contributed by atoms with Crippen molar-refractivity contribution in [2.24, 2.45) is 0 Å². The van der Waals surface area contributed by atoms with Crippen molar-refractivity contribution < 1.29 is 28.6 Å². The van der Waals surface area contributed by atoms with Crippen LogP contribution in [-0.4, -0.2) is 37.2 Å². The van der Waals surface area contributed by atoms with Gasteiger partial charge >= 0.3 is 17.9 Å². The van der Waals surface area contributed by atoms with E-state index in [1.807, 2.05) is 0 Å². The largest absolute Gasteiger partial charge is 0.462 e. The van der Waals surface area contributed by atoms with E-state index in [0.717, 1.165) is 70.6 Å². The van der Waals surface area contributed by atoms with E-state index in [-0.39, 0.29) is 31.1 Å². The molecule has 0 heterocycles. The van der Waals surface area contributed by atoms with E-state index in [1.54, 1.807) is 0 Å². The van der Waals surface area contributed by atoms with Crippen LogP contribution in [0.2, 0.25) is 0 Å². The van der Waals surface area contributed by atoms with E-state index in [2.05, 4.69) is 32.9 Å². The van der Waals surface area contributed by atoms with Gasteiger partial charge in [0.25, 0.3) is 0 Å². The Morgan fingerprint density at radius 3 is 0.750 bits per heavy atom. The highest BCUT2D eigenvalue weighted by molar-refractivity contribution is 5.71. The maximum absolute atomic E-state index is 12.7. The molecule has 6 nitrogen and oxygen atoms in total. The van der Waals surface area contributed by atoms with Crippen LogP contribution in [0, 0.1) is 0 Å². The number of ether oxygens (including phenoxy) is 3. The molecule has 0 bridgehead atoms. The fourth-order valence-corrected chi connectivity index (χ4v) is 9.38. The second kappa shape index (κ2) is 57.7. The molecule has 1 atom stereocenters. The minimum atomic E-state index is -0.766. The zero-order valence-corrected chi connectivity index (χ0v) is 46.2. The van der Waals surface area contributed by atoms with Gasteiger partial charge in [0.15, 0.2) is 6.10 Å². The maximum Gasteiger partial charge on any atom is 0.306 e. The molecule has 0 aromatic heterocycles. The molecule has 0 aromatic rings. The molecule has 0 rings (SSSR count). The predicted molar refractivity (Wildman–Crippen MR) is 293 cm³/mol. The smallest absolute Gasteiger partial charge is 0.306 e. The number of carbonyl (C=O) groups is 3. The van der Waals surface area contributed by atoms with Gasteiger partial charge in [-0.3, -0.25) is 14.4 Å². The standard InChI is InChI=1S/C62H118O6/c1-4-7-10-13-15-17-19-21-22-23-24-25-26-27-28-29-30-31-32-33-34-35-36-37-38-39-41-42-44-46-49-52-55-61(64)67-58-59(57-66-60(63)54-51-48-12-9-6-3)68-62(65)56-53-50-47-45-43-40-20-18-16-14-11-8-5-2/h18,20,59H,4-17,19,21-58H2,1-3H3/b20-18-. The van der Waals surface area contributed by atoms with Gasteiger partial charge in [0.1, 0.15) is 13.2 Å². The second-order valence-electron chi connectivity index (χ2n) is 21.0. The number of allylic oxidation sites excluding steroid dienone is 2. The average Bonchev–Trinajstić information content (AvgIpc) is 3.34. The molecule has 0 aliphatic rings. The van der Waals surface area contributed by atoms with E-state index in [9.17, 15) is 14.4 Å². The average molecular weight is 960 g/mol. The minimum absolute atomic E-state index is 0.0693. The van der Waals surface area contributed by atoms with Crippen molar-refractivity contribution in [3.63, 3.8) is 0 Å². The SMILES string of the molecule is CCCCCC/C=C\CCCCCCCC(=O)OC(COC(=O)CCCCCCC)COC(=O)CCCCCCCCCCCCCCCCCCCCCCCCCCCCCCCCCC. The summed E-state index contributed by atoms with van der Waals surface area (Å²) in [6.07, 6.45) is 67.2. The van der Waals surface area contributed by atoms with Crippen LogP contribution in [0.3, 0.4) is 0 Å². The molecule has 402 valence electrons. The molecule has 0 aliphatic heterocycles. The summed E-state index contributed by atoms with van der Waals surface area (Å²) in [5.41, 5.74) is 0. The van der Waals surface area contributed by atoms with Gasteiger partial charge in [-0.1, -0.05) is 296 Å². The van der Waals surface area contributed by atoms with Gasteiger partial charge in [-0.15, -0.1) is 0 Å². The normalized spacial score (nSPS) is 12.0. The van der Waals surface area contributed by atoms with Crippen LogP contribution in [0.15, 0.2) is 12.2 Å². The molecular weight excluding hydrogens is 841 g/mol. The van der Waals surface area contributed by atoms with E-state index >= 15 is 0 Å². The summed E-state index contributed by atoms with van der Waals surface area (Å²) in [5, 5.41) is 0. The Kier molecular flexibility index (Phi) is 56.2. The lowest BCUT2D eigenvalue weighted by atomic mass is 10.0. The molecule has 6 heteroatoms. The Morgan fingerprint density at radius 1 is 0.279 bits per heavy atom. The zero-order valence-electron chi connectivity index (χ0n) is 46.2. The van der Waals surface area contributed by atoms with E-state index < -0.39 is 6.10 Å². The second-order valence-corrected chi connectivity index (χ2v) is 21.0. The topological polar surface area (TPSA) is 78.9 Å². The Hall–Kier alpha value is -1.85. The van der Waals surface area contributed by atoms with Crippen molar-refractivity contribution in [1.29, 1.82) is 0 Å². The molecule has 0 N–H and O–H groups in total. The highest BCUT2D eigenvalue weighted by atomic mass is 16.6.